The molecule has 2 aromatic rings. The van der Waals surface area contributed by atoms with Crippen LogP contribution in [0.1, 0.15) is 38.3 Å². The lowest BCUT2D eigenvalue weighted by Crippen LogP contribution is -2.31. The number of allylic oxidation sites excluding steroid dienone is 1. The predicted octanol–water partition coefficient (Wildman–Crippen LogP) is 5.92. The number of anilines is 2. The molecule has 1 aliphatic carbocycles. The number of hydrogen-bond acceptors (Lipinski definition) is 4. The maximum Gasteiger partial charge on any atom is 0.163 e. The van der Waals surface area contributed by atoms with Crippen LogP contribution in [-0.4, -0.2) is 10.9 Å². The Morgan fingerprint density at radius 2 is 1.93 bits per heavy atom. The molecule has 0 saturated heterocycles. The molecule has 140 valence electrons. The summed E-state index contributed by atoms with van der Waals surface area (Å²) < 4.78 is 0. The van der Waals surface area contributed by atoms with Crippen LogP contribution in [0.15, 0.2) is 47.7 Å². The number of para-hydroxylation sites is 1. The second-order valence-corrected chi connectivity index (χ2v) is 8.74. The number of rotatable bonds is 1. The second kappa shape index (κ2) is 6.47. The minimum Gasteiger partial charge on any atom is -0.506 e. The first kappa shape index (κ1) is 18.2. The van der Waals surface area contributed by atoms with Crippen LogP contribution in [0.25, 0.3) is 0 Å². The molecular weight excluding hydrogens is 383 g/mol. The molecule has 0 radical (unpaired) electrons. The summed E-state index contributed by atoms with van der Waals surface area (Å²) in [5, 5.41) is 18.1. The Morgan fingerprint density at radius 3 is 2.67 bits per heavy atom. The monoisotopic (exact) mass is 402 g/mol. The van der Waals surface area contributed by atoms with E-state index in [1.54, 1.807) is 24.3 Å². The summed E-state index contributed by atoms with van der Waals surface area (Å²) in [4.78, 5) is 13.1. The number of halogens is 2. The van der Waals surface area contributed by atoms with Crippen molar-refractivity contribution in [3.63, 3.8) is 0 Å². The molecule has 0 bridgehead atoms. The van der Waals surface area contributed by atoms with Gasteiger partial charge in [0.15, 0.2) is 5.78 Å². The molecule has 2 aromatic carbocycles. The SMILES string of the molecule is CC1(C)CC(=O)C2=C(C1)Nc1c(O)cccc1N[C@@H]2c1ccc(Cl)cc1Cl. The van der Waals surface area contributed by atoms with Crippen LogP contribution in [0.5, 0.6) is 5.75 Å². The fourth-order valence-corrected chi connectivity index (χ4v) is 4.44. The summed E-state index contributed by atoms with van der Waals surface area (Å²) in [6, 6.07) is 10.1. The zero-order chi connectivity index (χ0) is 19.3. The quantitative estimate of drug-likeness (QED) is 0.517. The molecule has 4 nitrogen and oxygen atoms in total. The number of nitrogens with one attached hydrogen (secondary N) is 2. The first-order chi connectivity index (χ1) is 12.7. The number of aromatic hydroxyl groups is 1. The van der Waals surface area contributed by atoms with E-state index in [0.29, 0.717) is 39.8 Å². The lowest BCUT2D eigenvalue weighted by atomic mass is 9.73. The summed E-state index contributed by atoms with van der Waals surface area (Å²) in [5.41, 5.74) is 3.38. The second-order valence-electron chi connectivity index (χ2n) is 7.90. The van der Waals surface area contributed by atoms with Gasteiger partial charge in [-0.1, -0.05) is 49.2 Å². The van der Waals surface area contributed by atoms with E-state index in [2.05, 4.69) is 24.5 Å². The van der Waals surface area contributed by atoms with Crippen LogP contribution in [0.3, 0.4) is 0 Å². The minimum atomic E-state index is -0.427. The number of carbonyl (C=O) groups excluding carboxylic acids is 1. The zero-order valence-corrected chi connectivity index (χ0v) is 16.6. The molecule has 0 unspecified atom stereocenters. The van der Waals surface area contributed by atoms with E-state index in [9.17, 15) is 9.90 Å². The summed E-state index contributed by atoms with van der Waals surface area (Å²) in [7, 11) is 0. The molecule has 0 amide bonds. The molecule has 1 aliphatic heterocycles. The van der Waals surface area contributed by atoms with E-state index in [0.717, 1.165) is 11.3 Å². The molecule has 0 spiro atoms. The molecule has 3 N–H and O–H groups in total. The number of fused-ring (bicyclic) bond motifs is 1. The first-order valence-electron chi connectivity index (χ1n) is 8.82. The van der Waals surface area contributed by atoms with Crippen molar-refractivity contribution in [2.24, 2.45) is 5.41 Å². The third-order valence-corrected chi connectivity index (χ3v) is 5.66. The highest BCUT2D eigenvalue weighted by Crippen LogP contribution is 2.48. The first-order valence-corrected chi connectivity index (χ1v) is 9.57. The van der Waals surface area contributed by atoms with Gasteiger partial charge < -0.3 is 15.7 Å². The van der Waals surface area contributed by atoms with Crippen LogP contribution in [-0.2, 0) is 4.79 Å². The number of carbonyl (C=O) groups is 1. The van der Waals surface area contributed by atoms with Gasteiger partial charge in [0.25, 0.3) is 0 Å². The van der Waals surface area contributed by atoms with Crippen LogP contribution in [0.4, 0.5) is 11.4 Å². The van der Waals surface area contributed by atoms with Gasteiger partial charge in [0, 0.05) is 27.7 Å². The number of Topliss-reactive ketones (excluding diaryl/α,β-unsaturated/α-hetero) is 1. The van der Waals surface area contributed by atoms with Crippen molar-refractivity contribution in [2.75, 3.05) is 10.6 Å². The number of ketones is 1. The Kier molecular flexibility index (Phi) is 4.36. The average Bonchev–Trinajstić information content (AvgIpc) is 2.71. The Balaban J connectivity index is 1.93. The van der Waals surface area contributed by atoms with Gasteiger partial charge in [-0.15, -0.1) is 0 Å². The van der Waals surface area contributed by atoms with Crippen LogP contribution in [0, 0.1) is 5.41 Å². The van der Waals surface area contributed by atoms with Crippen molar-refractivity contribution in [3.05, 3.63) is 63.3 Å². The number of hydrogen-bond donors (Lipinski definition) is 3. The fraction of sp³-hybridized carbons (Fsp3) is 0.286. The Bertz CT molecular complexity index is 982. The van der Waals surface area contributed by atoms with Gasteiger partial charge in [-0.2, -0.15) is 0 Å². The molecule has 1 atom stereocenters. The molecule has 0 fully saturated rings. The van der Waals surface area contributed by atoms with E-state index in [1.165, 1.54) is 0 Å². The molecule has 1 heterocycles. The third-order valence-electron chi connectivity index (χ3n) is 5.10. The molecule has 0 aromatic heterocycles. The van der Waals surface area contributed by atoms with Crippen molar-refractivity contribution in [3.8, 4) is 5.75 Å². The van der Waals surface area contributed by atoms with E-state index in [1.807, 2.05) is 12.1 Å². The Morgan fingerprint density at radius 1 is 1.15 bits per heavy atom. The third kappa shape index (κ3) is 3.28. The zero-order valence-electron chi connectivity index (χ0n) is 15.1. The maximum absolute atomic E-state index is 13.1. The van der Waals surface area contributed by atoms with E-state index >= 15 is 0 Å². The van der Waals surface area contributed by atoms with E-state index in [4.69, 9.17) is 23.2 Å². The summed E-state index contributed by atoms with van der Waals surface area (Å²) in [5.74, 6) is 0.204. The highest BCUT2D eigenvalue weighted by atomic mass is 35.5. The molecule has 0 saturated carbocycles. The van der Waals surface area contributed by atoms with Crippen LogP contribution in [0.2, 0.25) is 10.0 Å². The van der Waals surface area contributed by atoms with Crippen molar-refractivity contribution in [1.82, 2.24) is 0 Å². The Hall–Kier alpha value is -2.17. The highest BCUT2D eigenvalue weighted by molar-refractivity contribution is 6.35. The smallest absolute Gasteiger partial charge is 0.163 e. The van der Waals surface area contributed by atoms with Gasteiger partial charge in [-0.05, 0) is 41.7 Å². The predicted molar refractivity (Wildman–Crippen MR) is 110 cm³/mol. The molecular formula is C21H20Cl2N2O2. The minimum absolute atomic E-state index is 0.0737. The molecule has 2 aliphatic rings. The summed E-state index contributed by atoms with van der Waals surface area (Å²) in [6.07, 6.45) is 1.16. The van der Waals surface area contributed by atoms with Crippen molar-refractivity contribution in [1.29, 1.82) is 0 Å². The van der Waals surface area contributed by atoms with Crippen molar-refractivity contribution < 1.29 is 9.90 Å². The topological polar surface area (TPSA) is 61.4 Å². The van der Waals surface area contributed by atoms with Gasteiger partial charge >= 0.3 is 0 Å². The van der Waals surface area contributed by atoms with Crippen LogP contribution >= 0.6 is 23.2 Å². The Labute approximate surface area is 168 Å². The standard InChI is InChI=1S/C21H20Cl2N2O2/c1-21(2)9-15-18(17(27)10-21)19(12-7-6-11(22)8-13(12)23)24-14-4-3-5-16(26)20(14)25-15/h3-8,19,24-26H,9-10H2,1-2H3/t19-/m1/s1. The normalized spacial score (nSPS) is 20.9. The number of phenolic OH excluding ortho intramolecular Hbond substituents is 1. The van der Waals surface area contributed by atoms with Gasteiger partial charge in [0.05, 0.1) is 11.7 Å². The van der Waals surface area contributed by atoms with Gasteiger partial charge in [0.2, 0.25) is 0 Å². The molecule has 6 heteroatoms. The average molecular weight is 403 g/mol. The summed E-state index contributed by atoms with van der Waals surface area (Å²) in [6.45, 7) is 4.15. The fourth-order valence-electron chi connectivity index (χ4n) is 3.92. The summed E-state index contributed by atoms with van der Waals surface area (Å²) >= 11 is 12.5. The van der Waals surface area contributed by atoms with Crippen molar-refractivity contribution in [2.45, 2.75) is 32.7 Å². The van der Waals surface area contributed by atoms with E-state index in [-0.39, 0.29) is 16.9 Å². The molecule has 27 heavy (non-hydrogen) atoms. The van der Waals surface area contributed by atoms with Gasteiger partial charge in [-0.25, -0.2) is 0 Å². The van der Waals surface area contributed by atoms with E-state index < -0.39 is 6.04 Å². The largest absolute Gasteiger partial charge is 0.506 e. The van der Waals surface area contributed by atoms with Gasteiger partial charge in [0.1, 0.15) is 11.4 Å². The highest BCUT2D eigenvalue weighted by Gasteiger charge is 2.39. The van der Waals surface area contributed by atoms with Gasteiger partial charge in [-0.3, -0.25) is 4.79 Å². The maximum atomic E-state index is 13.1. The lowest BCUT2D eigenvalue weighted by Gasteiger charge is -2.34. The molecule has 4 rings (SSSR count). The number of benzene rings is 2. The lowest BCUT2D eigenvalue weighted by molar-refractivity contribution is -0.118. The number of phenols is 1. The van der Waals surface area contributed by atoms with Crippen molar-refractivity contribution >= 4 is 40.4 Å². The van der Waals surface area contributed by atoms with Crippen LogP contribution < -0.4 is 10.6 Å².